The van der Waals surface area contributed by atoms with Crippen LogP contribution in [0.4, 0.5) is 0 Å². The molecule has 152 valence electrons. The molecule has 0 spiro atoms. The second-order valence-electron chi connectivity index (χ2n) is 6.74. The minimum absolute atomic E-state index is 0.368. The van der Waals surface area contributed by atoms with Crippen molar-refractivity contribution in [2.45, 2.75) is 55.5 Å². The maximum absolute atomic E-state index is 11.8. The highest BCUT2D eigenvalue weighted by atomic mass is 32.2. The number of carbonyl (C=O) groups excluding carboxylic acids is 3. The van der Waals surface area contributed by atoms with Gasteiger partial charge in [0.15, 0.2) is 18.3 Å². The largest absolute Gasteiger partial charge is 0.458 e. The van der Waals surface area contributed by atoms with Crippen LogP contribution >= 0.6 is 11.8 Å². The summed E-state index contributed by atoms with van der Waals surface area (Å²) < 4.78 is 16.5. The van der Waals surface area contributed by atoms with Crippen molar-refractivity contribution in [3.8, 4) is 0 Å². The first-order valence-corrected chi connectivity index (χ1v) is 9.79. The van der Waals surface area contributed by atoms with Gasteiger partial charge < -0.3 is 14.2 Å². The molecule has 0 unspecified atom stereocenters. The quantitative estimate of drug-likeness (QED) is 0.533. The van der Waals surface area contributed by atoms with Gasteiger partial charge in [-0.3, -0.25) is 19.2 Å². The molecule has 1 aliphatic heterocycles. The maximum Gasteiger partial charge on any atom is 0.303 e. The fourth-order valence-electron chi connectivity index (χ4n) is 3.81. The van der Waals surface area contributed by atoms with Crippen LogP contribution in [0, 0.1) is 5.92 Å². The number of hydroxylamine groups is 2. The summed E-state index contributed by atoms with van der Waals surface area (Å²) in [6.07, 6.45) is -2.53. The Morgan fingerprint density at radius 1 is 0.893 bits per heavy atom. The molecule has 8 nitrogen and oxygen atoms in total. The molecular formula is C19H23NO7S. The lowest BCUT2D eigenvalue weighted by Crippen LogP contribution is -2.45. The molecule has 0 bridgehead atoms. The van der Waals surface area contributed by atoms with E-state index in [1.165, 1.54) is 32.5 Å². The van der Waals surface area contributed by atoms with Gasteiger partial charge in [-0.25, -0.2) is 0 Å². The molecule has 3 rings (SSSR count). The fraction of sp³-hybridized carbons (Fsp3) is 0.526. The summed E-state index contributed by atoms with van der Waals surface area (Å²) in [6.45, 7) is 3.84. The van der Waals surface area contributed by atoms with Gasteiger partial charge >= 0.3 is 17.9 Å². The summed E-state index contributed by atoms with van der Waals surface area (Å²) >= 11 is 1.47. The van der Waals surface area contributed by atoms with Gasteiger partial charge in [-0.1, -0.05) is 30.0 Å². The Hall–Kier alpha value is -2.10. The van der Waals surface area contributed by atoms with Crippen molar-refractivity contribution in [2.24, 2.45) is 5.92 Å². The van der Waals surface area contributed by atoms with Crippen molar-refractivity contribution < 1.29 is 33.4 Å². The molecule has 1 saturated carbocycles. The number of thioether (sulfide) groups is 1. The van der Waals surface area contributed by atoms with E-state index in [0.717, 1.165) is 4.90 Å². The minimum atomic E-state index is -0.912. The van der Waals surface area contributed by atoms with Gasteiger partial charge in [0.1, 0.15) is 5.44 Å². The highest BCUT2D eigenvalue weighted by Gasteiger charge is 2.64. The van der Waals surface area contributed by atoms with E-state index in [4.69, 9.17) is 19.0 Å². The Morgan fingerprint density at radius 3 is 2.00 bits per heavy atom. The van der Waals surface area contributed by atoms with Crippen molar-refractivity contribution in [3.05, 3.63) is 30.3 Å². The first-order chi connectivity index (χ1) is 13.3. The summed E-state index contributed by atoms with van der Waals surface area (Å²) in [4.78, 5) is 42.1. The summed E-state index contributed by atoms with van der Waals surface area (Å²) in [5, 5.41) is 1.60. The number of carbonyl (C=O) groups is 3. The number of benzene rings is 1. The van der Waals surface area contributed by atoms with Crippen molar-refractivity contribution in [3.63, 3.8) is 0 Å². The molecule has 1 aromatic carbocycles. The molecule has 0 aromatic heterocycles. The van der Waals surface area contributed by atoms with E-state index in [1.54, 1.807) is 12.1 Å². The Balaban J connectivity index is 1.95. The third-order valence-electron chi connectivity index (χ3n) is 4.66. The number of ether oxygens (including phenoxy) is 3. The van der Waals surface area contributed by atoms with E-state index >= 15 is 0 Å². The molecule has 1 heterocycles. The Labute approximate surface area is 167 Å². The van der Waals surface area contributed by atoms with Gasteiger partial charge in [-0.15, -0.1) is 0 Å². The van der Waals surface area contributed by atoms with Crippen LogP contribution in [-0.2, 0) is 33.4 Å². The number of rotatable bonds is 5. The molecule has 1 aromatic rings. The minimum Gasteiger partial charge on any atom is -0.458 e. The lowest BCUT2D eigenvalue weighted by molar-refractivity contribution is -0.193. The zero-order valence-electron chi connectivity index (χ0n) is 16.1. The number of esters is 3. The van der Waals surface area contributed by atoms with E-state index in [-0.39, 0.29) is 5.92 Å². The van der Waals surface area contributed by atoms with Crippen LogP contribution in [0.15, 0.2) is 35.2 Å². The third kappa shape index (κ3) is 4.31. The molecule has 6 atom stereocenters. The average Bonchev–Trinajstić information content (AvgIpc) is 3.05. The van der Waals surface area contributed by atoms with Gasteiger partial charge in [-0.05, 0) is 12.1 Å². The van der Waals surface area contributed by atoms with Crippen LogP contribution in [0.5, 0.6) is 0 Å². The molecule has 0 N–H and O–H groups in total. The van der Waals surface area contributed by atoms with Gasteiger partial charge in [-0.2, -0.15) is 5.06 Å². The zero-order valence-corrected chi connectivity index (χ0v) is 16.9. The normalized spacial score (nSPS) is 31.9. The van der Waals surface area contributed by atoms with Crippen molar-refractivity contribution in [1.82, 2.24) is 5.06 Å². The second-order valence-corrected chi connectivity index (χ2v) is 7.91. The van der Waals surface area contributed by atoms with Crippen LogP contribution in [0.25, 0.3) is 0 Å². The Morgan fingerprint density at radius 2 is 1.43 bits per heavy atom. The number of nitrogens with zero attached hydrogens (tertiary/aromatic N) is 1. The number of likely N-dealkylation sites (N-methyl/N-ethyl adjacent to an activating group) is 1. The molecule has 28 heavy (non-hydrogen) atoms. The van der Waals surface area contributed by atoms with E-state index in [1.807, 2.05) is 30.3 Å². The predicted molar refractivity (Wildman–Crippen MR) is 98.9 cm³/mol. The number of hydrogen-bond acceptors (Lipinski definition) is 9. The van der Waals surface area contributed by atoms with Gasteiger partial charge in [0.2, 0.25) is 0 Å². The topological polar surface area (TPSA) is 91.4 Å². The van der Waals surface area contributed by atoms with E-state index in [2.05, 4.69) is 0 Å². The lowest BCUT2D eigenvalue weighted by Gasteiger charge is -2.29. The first-order valence-electron chi connectivity index (χ1n) is 8.91. The van der Waals surface area contributed by atoms with Crippen molar-refractivity contribution in [1.29, 1.82) is 0 Å². The molecule has 0 radical (unpaired) electrons. The van der Waals surface area contributed by atoms with Crippen LogP contribution in [-0.4, -0.2) is 59.8 Å². The summed E-state index contributed by atoms with van der Waals surface area (Å²) in [6, 6.07) is 9.21. The van der Waals surface area contributed by atoms with Crippen LogP contribution in [0.2, 0.25) is 0 Å². The molecule has 1 saturated heterocycles. The Bertz CT molecular complexity index is 743. The fourth-order valence-corrected chi connectivity index (χ4v) is 5.04. The predicted octanol–water partition coefficient (Wildman–Crippen LogP) is 1.78. The summed E-state index contributed by atoms with van der Waals surface area (Å²) in [7, 11) is 1.72. The maximum atomic E-state index is 11.8. The van der Waals surface area contributed by atoms with Gasteiger partial charge in [0.05, 0.1) is 12.0 Å². The van der Waals surface area contributed by atoms with E-state index in [0.29, 0.717) is 0 Å². The summed E-state index contributed by atoms with van der Waals surface area (Å²) in [5.41, 5.74) is -0.416. The first kappa shape index (κ1) is 20.6. The smallest absolute Gasteiger partial charge is 0.303 e. The molecule has 1 aliphatic carbocycles. The lowest BCUT2D eigenvalue weighted by atomic mass is 10.0. The van der Waals surface area contributed by atoms with E-state index in [9.17, 15) is 14.4 Å². The molecule has 2 aliphatic rings. The van der Waals surface area contributed by atoms with E-state index < -0.39 is 47.7 Å². The third-order valence-corrected chi connectivity index (χ3v) is 5.84. The molecule has 9 heteroatoms. The van der Waals surface area contributed by atoms with Gasteiger partial charge in [0.25, 0.3) is 0 Å². The Kier molecular flexibility index (Phi) is 6.26. The SMILES string of the molecule is CC(=O)O[C@@H]1[C@H](OC(C)=O)[C@H]2[C@@H]([C@H]1OC(C)=O)N(C)O[C@H]2Sc1ccccc1. The molecule has 2 fully saturated rings. The number of fused-ring (bicyclic) bond motifs is 1. The zero-order chi connectivity index (χ0) is 20.4. The number of hydrogen-bond donors (Lipinski definition) is 0. The van der Waals surface area contributed by atoms with Gasteiger partial charge in [0, 0.05) is 32.7 Å². The molecule has 0 amide bonds. The molecular weight excluding hydrogens is 386 g/mol. The highest BCUT2D eigenvalue weighted by molar-refractivity contribution is 7.99. The van der Waals surface area contributed by atoms with Crippen LogP contribution < -0.4 is 0 Å². The van der Waals surface area contributed by atoms with Crippen molar-refractivity contribution in [2.75, 3.05) is 7.05 Å². The van der Waals surface area contributed by atoms with Crippen molar-refractivity contribution >= 4 is 29.7 Å². The summed E-state index contributed by atoms with van der Waals surface area (Å²) in [5.74, 6) is -1.94. The second kappa shape index (κ2) is 8.50. The highest BCUT2D eigenvalue weighted by Crippen LogP contribution is 2.48. The van der Waals surface area contributed by atoms with Crippen LogP contribution in [0.3, 0.4) is 0 Å². The standard InChI is InChI=1S/C19H23NO7S/c1-10(21)24-16-14-15(17(25-11(2)22)18(16)26-12(3)23)20(4)27-19(14)28-13-8-6-5-7-9-13/h5-9,14-19H,1-4H3/t14-,15+,16-,17-,18-,19+/m1/s1. The monoisotopic (exact) mass is 409 g/mol. The average molecular weight is 409 g/mol. The van der Waals surface area contributed by atoms with Crippen LogP contribution in [0.1, 0.15) is 20.8 Å².